The summed E-state index contributed by atoms with van der Waals surface area (Å²) in [6, 6.07) is 7.14. The van der Waals surface area contributed by atoms with E-state index in [1.54, 1.807) is 42.2 Å². The number of hydrogen-bond donors (Lipinski definition) is 4. The number of hydrogen-bond acceptors (Lipinski definition) is 5. The molecule has 1 atom stereocenters. The zero-order valence-electron chi connectivity index (χ0n) is 20.1. The molecule has 0 saturated carbocycles. The van der Waals surface area contributed by atoms with Gasteiger partial charge in [0.1, 0.15) is 5.82 Å². The minimum absolute atomic E-state index is 0.133. The van der Waals surface area contributed by atoms with E-state index in [1.807, 2.05) is 6.92 Å². The van der Waals surface area contributed by atoms with Gasteiger partial charge in [-0.05, 0) is 43.7 Å². The fraction of sp³-hybridized carbons (Fsp3) is 0.240. The van der Waals surface area contributed by atoms with Gasteiger partial charge in [0.15, 0.2) is 0 Å². The Hall–Kier alpha value is -4.54. The number of nitrogens with zero attached hydrogens (tertiary/aromatic N) is 3. The summed E-state index contributed by atoms with van der Waals surface area (Å²) in [5.41, 5.74) is 3.26. The summed E-state index contributed by atoms with van der Waals surface area (Å²) in [4.78, 5) is 44.6. The lowest BCUT2D eigenvalue weighted by atomic mass is 10.1. The number of aromatic amines is 1. The normalized spacial score (nSPS) is 11.8. The highest BCUT2D eigenvalue weighted by Crippen LogP contribution is 2.24. The maximum absolute atomic E-state index is 13.3. The average Bonchev–Trinajstić information content (AvgIpc) is 3.49. The van der Waals surface area contributed by atoms with Crippen molar-refractivity contribution in [2.45, 2.75) is 26.3 Å². The topological polar surface area (TPSA) is 134 Å². The zero-order chi connectivity index (χ0) is 25.8. The van der Waals surface area contributed by atoms with Crippen LogP contribution in [0.1, 0.15) is 51.5 Å². The van der Waals surface area contributed by atoms with Gasteiger partial charge < -0.3 is 20.9 Å². The van der Waals surface area contributed by atoms with Crippen molar-refractivity contribution >= 4 is 28.6 Å². The van der Waals surface area contributed by atoms with Crippen molar-refractivity contribution in [1.29, 1.82) is 0 Å². The first-order valence-corrected chi connectivity index (χ1v) is 11.4. The van der Waals surface area contributed by atoms with Gasteiger partial charge in [0, 0.05) is 30.0 Å². The molecule has 0 spiro atoms. The summed E-state index contributed by atoms with van der Waals surface area (Å²) < 4.78 is 14.9. The second kappa shape index (κ2) is 10.4. The molecule has 186 valence electrons. The van der Waals surface area contributed by atoms with Crippen LogP contribution in [0.4, 0.5) is 4.39 Å². The van der Waals surface area contributed by atoms with E-state index in [0.717, 1.165) is 0 Å². The van der Waals surface area contributed by atoms with Crippen LogP contribution >= 0.6 is 0 Å². The first-order chi connectivity index (χ1) is 17.3. The summed E-state index contributed by atoms with van der Waals surface area (Å²) in [6.45, 7) is 3.53. The molecule has 0 aliphatic heterocycles. The maximum atomic E-state index is 13.3. The highest BCUT2D eigenvalue weighted by Gasteiger charge is 2.22. The van der Waals surface area contributed by atoms with E-state index < -0.39 is 6.04 Å². The van der Waals surface area contributed by atoms with Crippen molar-refractivity contribution in [3.05, 3.63) is 77.3 Å². The Morgan fingerprint density at radius 2 is 1.83 bits per heavy atom. The molecule has 3 aromatic heterocycles. The molecule has 0 bridgehead atoms. The number of pyridine rings is 1. The molecule has 0 aliphatic carbocycles. The minimum atomic E-state index is -0.404. The number of carbonyl (C=O) groups excluding carboxylic acids is 3. The van der Waals surface area contributed by atoms with E-state index in [-0.39, 0.29) is 30.1 Å². The lowest BCUT2D eigenvalue weighted by molar-refractivity contribution is -0.119. The van der Waals surface area contributed by atoms with Gasteiger partial charge in [-0.15, -0.1) is 0 Å². The van der Waals surface area contributed by atoms with Gasteiger partial charge in [0.2, 0.25) is 5.91 Å². The summed E-state index contributed by atoms with van der Waals surface area (Å²) in [5, 5.41) is 13.0. The Balaban J connectivity index is 1.55. The molecule has 3 amide bonds. The SMILES string of the molecule is CCC(NC(=O)c1cncc2c1cnn2-c1ccc(F)cc1)c1cc(C(=O)NCC(=O)NC)c(C)[nH]1. The molecule has 11 heteroatoms. The third kappa shape index (κ3) is 4.95. The molecule has 4 aromatic rings. The number of benzene rings is 1. The monoisotopic (exact) mass is 491 g/mol. The van der Waals surface area contributed by atoms with Crippen LogP contribution in [0.25, 0.3) is 16.6 Å². The summed E-state index contributed by atoms with van der Waals surface area (Å²) in [7, 11) is 1.49. The Bertz CT molecular complexity index is 1430. The third-order valence-corrected chi connectivity index (χ3v) is 5.87. The van der Waals surface area contributed by atoms with Crippen LogP contribution in [0.5, 0.6) is 0 Å². The smallest absolute Gasteiger partial charge is 0.254 e. The third-order valence-electron chi connectivity index (χ3n) is 5.87. The van der Waals surface area contributed by atoms with Crippen molar-refractivity contribution in [3.8, 4) is 5.69 Å². The van der Waals surface area contributed by atoms with Crippen molar-refractivity contribution in [3.63, 3.8) is 0 Å². The number of likely N-dealkylation sites (N-methyl/N-ethyl adjacent to an activating group) is 1. The van der Waals surface area contributed by atoms with Gasteiger partial charge in [0.25, 0.3) is 11.8 Å². The van der Waals surface area contributed by atoms with Crippen molar-refractivity contribution < 1.29 is 18.8 Å². The fourth-order valence-corrected chi connectivity index (χ4v) is 3.90. The van der Waals surface area contributed by atoms with Crippen LogP contribution in [0.3, 0.4) is 0 Å². The molecule has 0 saturated heterocycles. The number of amides is 3. The average molecular weight is 492 g/mol. The largest absolute Gasteiger partial charge is 0.360 e. The van der Waals surface area contributed by atoms with Crippen molar-refractivity contribution in [2.24, 2.45) is 0 Å². The van der Waals surface area contributed by atoms with Crippen LogP contribution < -0.4 is 16.0 Å². The number of H-pyrrole nitrogens is 1. The molecule has 0 fully saturated rings. The van der Waals surface area contributed by atoms with E-state index in [2.05, 4.69) is 31.0 Å². The number of aromatic nitrogens is 4. The Morgan fingerprint density at radius 1 is 1.08 bits per heavy atom. The molecule has 1 aromatic carbocycles. The molecule has 10 nitrogen and oxygen atoms in total. The van der Waals surface area contributed by atoms with E-state index in [9.17, 15) is 18.8 Å². The van der Waals surface area contributed by atoms with Gasteiger partial charge in [-0.25, -0.2) is 9.07 Å². The quantitative estimate of drug-likeness (QED) is 0.301. The molecular formula is C25H26FN7O3. The van der Waals surface area contributed by atoms with Gasteiger partial charge in [0.05, 0.1) is 47.3 Å². The number of carbonyl (C=O) groups is 3. The van der Waals surface area contributed by atoms with Crippen LogP contribution in [-0.2, 0) is 4.79 Å². The number of halogens is 1. The van der Waals surface area contributed by atoms with Gasteiger partial charge in [-0.3, -0.25) is 19.4 Å². The highest BCUT2D eigenvalue weighted by molar-refractivity contribution is 6.06. The molecule has 4 rings (SSSR count). The lowest BCUT2D eigenvalue weighted by Gasteiger charge is -2.16. The second-order valence-electron chi connectivity index (χ2n) is 8.21. The van der Waals surface area contributed by atoms with Crippen LogP contribution in [0.15, 0.2) is 48.9 Å². The van der Waals surface area contributed by atoms with Gasteiger partial charge >= 0.3 is 0 Å². The predicted molar refractivity (Wildman–Crippen MR) is 131 cm³/mol. The molecule has 0 radical (unpaired) electrons. The fourth-order valence-electron chi connectivity index (χ4n) is 3.90. The maximum Gasteiger partial charge on any atom is 0.254 e. The molecule has 36 heavy (non-hydrogen) atoms. The number of rotatable bonds is 8. The summed E-state index contributed by atoms with van der Waals surface area (Å²) >= 11 is 0. The number of aryl methyl sites for hydroxylation is 1. The highest BCUT2D eigenvalue weighted by atomic mass is 19.1. The first-order valence-electron chi connectivity index (χ1n) is 11.4. The van der Waals surface area contributed by atoms with E-state index in [0.29, 0.717) is 45.5 Å². The standard InChI is InChI=1S/C25H26FN7O3/c1-4-20(21-9-17(14(2)31-21)24(35)29-13-23(34)27-3)32-25(36)19-10-28-12-22-18(19)11-30-33(22)16-7-5-15(26)6-8-16/h5-12,20,31H,4,13H2,1-3H3,(H,27,34)(H,29,35)(H,32,36). The molecule has 3 heterocycles. The van der Waals surface area contributed by atoms with Gasteiger partial charge in [-0.1, -0.05) is 6.92 Å². The van der Waals surface area contributed by atoms with E-state index in [1.165, 1.54) is 25.4 Å². The minimum Gasteiger partial charge on any atom is -0.360 e. The molecule has 0 aliphatic rings. The second-order valence-corrected chi connectivity index (χ2v) is 8.21. The van der Waals surface area contributed by atoms with Crippen molar-refractivity contribution in [1.82, 2.24) is 35.7 Å². The van der Waals surface area contributed by atoms with E-state index >= 15 is 0 Å². The number of nitrogens with one attached hydrogen (secondary N) is 4. The zero-order valence-corrected chi connectivity index (χ0v) is 20.1. The Morgan fingerprint density at radius 3 is 2.53 bits per heavy atom. The predicted octanol–water partition coefficient (Wildman–Crippen LogP) is 2.55. The van der Waals surface area contributed by atoms with Crippen LogP contribution in [0, 0.1) is 12.7 Å². The van der Waals surface area contributed by atoms with Crippen molar-refractivity contribution in [2.75, 3.05) is 13.6 Å². The first kappa shape index (κ1) is 24.6. The molecule has 1 unspecified atom stereocenters. The van der Waals surface area contributed by atoms with Crippen LogP contribution in [-0.4, -0.2) is 51.1 Å². The van der Waals surface area contributed by atoms with Crippen LogP contribution in [0.2, 0.25) is 0 Å². The molecular weight excluding hydrogens is 465 g/mol. The van der Waals surface area contributed by atoms with E-state index in [4.69, 9.17) is 0 Å². The Labute approximate surface area is 206 Å². The van der Waals surface area contributed by atoms with Gasteiger partial charge in [-0.2, -0.15) is 5.10 Å². The lowest BCUT2D eigenvalue weighted by Crippen LogP contribution is -2.35. The Kier molecular flexibility index (Phi) is 7.09. The summed E-state index contributed by atoms with van der Waals surface area (Å²) in [5.74, 6) is -1.40. The summed E-state index contributed by atoms with van der Waals surface area (Å²) in [6.07, 6.45) is 5.20. The molecule has 4 N–H and O–H groups in total. The number of fused-ring (bicyclic) bond motifs is 1.